The maximum atomic E-state index is 13.0. The van der Waals surface area contributed by atoms with E-state index in [0.29, 0.717) is 11.3 Å². The van der Waals surface area contributed by atoms with Crippen LogP contribution < -0.4 is 10.6 Å². The quantitative estimate of drug-likeness (QED) is 0.508. The molecule has 2 saturated carbocycles. The minimum absolute atomic E-state index is 0.0345. The third-order valence-corrected chi connectivity index (χ3v) is 7.92. The molecule has 2 aliphatic carbocycles. The van der Waals surface area contributed by atoms with Gasteiger partial charge >= 0.3 is 5.97 Å². The molecule has 1 saturated heterocycles. The summed E-state index contributed by atoms with van der Waals surface area (Å²) in [5.41, 5.74) is 4.01. The Kier molecular flexibility index (Phi) is 4.88. The average Bonchev–Trinajstić information content (AvgIpc) is 3.32. The lowest BCUT2D eigenvalue weighted by Gasteiger charge is -2.27. The van der Waals surface area contributed by atoms with E-state index in [4.69, 9.17) is 4.74 Å². The Morgan fingerprint density at radius 1 is 0.968 bits per heavy atom. The van der Waals surface area contributed by atoms with Gasteiger partial charge in [0.1, 0.15) is 6.10 Å². The van der Waals surface area contributed by atoms with E-state index < -0.39 is 0 Å². The molecule has 7 heteroatoms. The molecule has 2 bridgehead atoms. The highest BCUT2D eigenvalue weighted by Gasteiger charge is 2.67. The lowest BCUT2D eigenvalue weighted by Crippen LogP contribution is -2.40. The van der Waals surface area contributed by atoms with E-state index in [0.717, 1.165) is 23.2 Å². The highest BCUT2D eigenvalue weighted by Crippen LogP contribution is 2.60. The topological polar surface area (TPSA) is 84.5 Å². The van der Waals surface area contributed by atoms with Crippen LogP contribution in [-0.2, 0) is 14.3 Å². The van der Waals surface area contributed by atoms with Crippen molar-refractivity contribution >= 4 is 45.1 Å². The second-order valence-corrected chi connectivity index (χ2v) is 9.92. The molecular weight excluding hydrogens is 460 g/mol. The molecule has 0 radical (unpaired) electrons. The van der Waals surface area contributed by atoms with Gasteiger partial charge in [0.05, 0.1) is 16.7 Å². The number of aryl methyl sites for hydroxylation is 2. The lowest BCUT2D eigenvalue weighted by atomic mass is 9.79. The van der Waals surface area contributed by atoms with Crippen LogP contribution in [-0.4, -0.2) is 28.7 Å². The molecule has 1 heterocycles. The third kappa shape index (κ3) is 3.45. The standard InChI is InChI=1S/C24H23BrN2O4/c1-11-7-12(2)9-15(8-11)27-22(28)13-3-5-14(6-4-13)26-23(29)18-16-10-17-19(18)24(30)31-21(17)20(16)25/h3-9,16-21H,10H2,1-2H3,(H,26,29)(H,27,28)/t16-,17-,18-,19-,20+,21+/m1/s1. The predicted octanol–water partition coefficient (Wildman–Crippen LogP) is 4.07. The molecule has 2 aromatic rings. The molecule has 3 fully saturated rings. The van der Waals surface area contributed by atoms with Crippen LogP contribution in [0.1, 0.15) is 27.9 Å². The SMILES string of the molecule is Cc1cc(C)cc(NC(=O)c2ccc(NC(=O)[C@@H]3[C@H]4C[C@H]5[C@H](OC(=O)[C@H]53)[C@H]4Br)cc2)c1. The first kappa shape index (κ1) is 20.2. The Hall–Kier alpha value is -2.67. The number of esters is 1. The van der Waals surface area contributed by atoms with Crippen molar-refractivity contribution in [3.63, 3.8) is 0 Å². The number of benzene rings is 2. The number of amides is 2. The molecule has 6 atom stereocenters. The fourth-order valence-electron chi connectivity index (χ4n) is 5.51. The summed E-state index contributed by atoms with van der Waals surface area (Å²) in [5, 5.41) is 5.83. The van der Waals surface area contributed by atoms with Crippen molar-refractivity contribution in [2.45, 2.75) is 31.2 Å². The number of hydrogen-bond donors (Lipinski definition) is 2. The van der Waals surface area contributed by atoms with Crippen molar-refractivity contribution in [1.29, 1.82) is 0 Å². The molecule has 2 N–H and O–H groups in total. The van der Waals surface area contributed by atoms with Gasteiger partial charge < -0.3 is 15.4 Å². The zero-order valence-electron chi connectivity index (χ0n) is 17.2. The molecule has 31 heavy (non-hydrogen) atoms. The summed E-state index contributed by atoms with van der Waals surface area (Å²) in [6.07, 6.45) is 0.744. The van der Waals surface area contributed by atoms with Crippen LogP contribution in [0.5, 0.6) is 0 Å². The summed E-state index contributed by atoms with van der Waals surface area (Å²) in [7, 11) is 0. The van der Waals surface area contributed by atoms with Crippen LogP contribution in [0, 0.1) is 37.5 Å². The molecule has 3 aliphatic rings. The first-order chi connectivity index (χ1) is 14.8. The largest absolute Gasteiger partial charge is 0.461 e. The molecule has 2 amide bonds. The van der Waals surface area contributed by atoms with E-state index in [9.17, 15) is 14.4 Å². The zero-order valence-corrected chi connectivity index (χ0v) is 18.8. The van der Waals surface area contributed by atoms with Crippen LogP contribution in [0.15, 0.2) is 42.5 Å². The fraction of sp³-hybridized carbons (Fsp3) is 0.375. The molecule has 0 aromatic heterocycles. The van der Waals surface area contributed by atoms with Gasteiger partial charge in [0, 0.05) is 22.9 Å². The number of nitrogens with one attached hydrogen (secondary N) is 2. The lowest BCUT2D eigenvalue weighted by molar-refractivity contribution is -0.145. The highest BCUT2D eigenvalue weighted by atomic mass is 79.9. The van der Waals surface area contributed by atoms with Gasteiger partial charge in [0.25, 0.3) is 5.91 Å². The molecule has 1 aliphatic heterocycles. The van der Waals surface area contributed by atoms with Crippen LogP contribution >= 0.6 is 15.9 Å². The monoisotopic (exact) mass is 482 g/mol. The minimum Gasteiger partial charge on any atom is -0.461 e. The molecule has 0 unspecified atom stereocenters. The normalized spacial score (nSPS) is 30.2. The van der Waals surface area contributed by atoms with Crippen LogP contribution in [0.25, 0.3) is 0 Å². The van der Waals surface area contributed by atoms with Crippen molar-refractivity contribution in [2.75, 3.05) is 10.6 Å². The number of alkyl halides is 1. The molecule has 6 nitrogen and oxygen atoms in total. The van der Waals surface area contributed by atoms with Gasteiger partial charge in [-0.05, 0) is 73.7 Å². The van der Waals surface area contributed by atoms with Crippen molar-refractivity contribution in [3.8, 4) is 0 Å². The second kappa shape index (κ2) is 7.48. The summed E-state index contributed by atoms with van der Waals surface area (Å²) < 4.78 is 5.48. The predicted molar refractivity (Wildman–Crippen MR) is 120 cm³/mol. The van der Waals surface area contributed by atoms with Gasteiger partial charge in [-0.3, -0.25) is 14.4 Å². The Morgan fingerprint density at radius 2 is 1.65 bits per heavy atom. The zero-order chi connectivity index (χ0) is 21.9. The van der Waals surface area contributed by atoms with Gasteiger partial charge in [-0.1, -0.05) is 22.0 Å². The van der Waals surface area contributed by atoms with Gasteiger partial charge in [0.15, 0.2) is 0 Å². The summed E-state index contributed by atoms with van der Waals surface area (Å²) in [5.74, 6) is -1.11. The van der Waals surface area contributed by atoms with Crippen LogP contribution in [0.4, 0.5) is 11.4 Å². The number of fused-ring (bicyclic) bond motifs is 1. The van der Waals surface area contributed by atoms with Crippen LogP contribution in [0.3, 0.4) is 0 Å². The first-order valence-corrected chi connectivity index (χ1v) is 11.4. The van der Waals surface area contributed by atoms with E-state index >= 15 is 0 Å². The van der Waals surface area contributed by atoms with Gasteiger partial charge in [-0.25, -0.2) is 0 Å². The van der Waals surface area contributed by atoms with E-state index in [1.165, 1.54) is 0 Å². The summed E-state index contributed by atoms with van der Waals surface area (Å²) >= 11 is 3.63. The molecule has 2 aromatic carbocycles. The highest BCUT2D eigenvalue weighted by molar-refractivity contribution is 9.09. The Balaban J connectivity index is 1.26. The number of hydrogen-bond acceptors (Lipinski definition) is 4. The molecule has 5 rings (SSSR count). The molecule has 0 spiro atoms. The Labute approximate surface area is 188 Å². The van der Waals surface area contributed by atoms with E-state index in [-0.39, 0.29) is 52.4 Å². The molecule has 160 valence electrons. The van der Waals surface area contributed by atoms with Crippen molar-refractivity contribution < 1.29 is 19.1 Å². The van der Waals surface area contributed by atoms with E-state index in [1.807, 2.05) is 32.0 Å². The summed E-state index contributed by atoms with van der Waals surface area (Å²) in [6.45, 7) is 3.97. The maximum absolute atomic E-state index is 13.0. The number of ether oxygens (including phenoxy) is 1. The second-order valence-electron chi connectivity index (χ2n) is 8.86. The number of anilines is 2. The number of rotatable bonds is 4. The summed E-state index contributed by atoms with van der Waals surface area (Å²) in [4.78, 5) is 37.8. The molecular formula is C24H23BrN2O4. The van der Waals surface area contributed by atoms with Gasteiger partial charge in [-0.2, -0.15) is 0 Å². The van der Waals surface area contributed by atoms with E-state index in [2.05, 4.69) is 26.6 Å². The average molecular weight is 483 g/mol. The number of halogens is 1. The third-order valence-electron chi connectivity index (χ3n) is 6.72. The maximum Gasteiger partial charge on any atom is 0.310 e. The Bertz CT molecular complexity index is 1060. The van der Waals surface area contributed by atoms with Crippen molar-refractivity contribution in [2.24, 2.45) is 23.7 Å². The first-order valence-electron chi connectivity index (χ1n) is 10.5. The van der Waals surface area contributed by atoms with Gasteiger partial charge in [-0.15, -0.1) is 0 Å². The minimum atomic E-state index is -0.381. The fourth-order valence-corrected chi connectivity index (χ4v) is 6.56. The summed E-state index contributed by atoms with van der Waals surface area (Å²) in [6, 6.07) is 12.7. The van der Waals surface area contributed by atoms with Crippen molar-refractivity contribution in [1.82, 2.24) is 0 Å². The number of carbonyl (C=O) groups excluding carboxylic acids is 3. The Morgan fingerprint density at radius 3 is 2.32 bits per heavy atom. The van der Waals surface area contributed by atoms with Gasteiger partial charge in [0.2, 0.25) is 5.91 Å². The van der Waals surface area contributed by atoms with E-state index in [1.54, 1.807) is 24.3 Å². The van der Waals surface area contributed by atoms with Crippen LogP contribution in [0.2, 0.25) is 0 Å². The number of carbonyl (C=O) groups is 3. The van der Waals surface area contributed by atoms with Crippen molar-refractivity contribution in [3.05, 3.63) is 59.2 Å². The smallest absolute Gasteiger partial charge is 0.310 e.